The van der Waals surface area contributed by atoms with Crippen molar-refractivity contribution in [2.75, 3.05) is 25.2 Å². The SMILES string of the molecule is CC.CCc1nc2c(Cl)c(OC)ccn2c1C(=O)NCc1ccc(N2CCN(SC(F)(F)F)C=N2)cc1. The topological polar surface area (TPSA) is 74.5 Å². The zero-order chi connectivity index (χ0) is 27.2. The molecule has 0 unspecified atom stereocenters. The van der Waals surface area contributed by atoms with Crippen molar-refractivity contribution >= 4 is 47.1 Å². The number of pyridine rings is 1. The summed E-state index contributed by atoms with van der Waals surface area (Å²) in [5.74, 6) is 0.186. The van der Waals surface area contributed by atoms with Gasteiger partial charge in [-0.2, -0.15) is 18.3 Å². The summed E-state index contributed by atoms with van der Waals surface area (Å²) < 4.78 is 45.4. The molecule has 1 aliphatic rings. The van der Waals surface area contributed by atoms with Crippen LogP contribution in [0.3, 0.4) is 0 Å². The highest BCUT2D eigenvalue weighted by atomic mass is 35.5. The number of carbonyl (C=O) groups excluding carboxylic acids is 1. The molecule has 0 radical (unpaired) electrons. The van der Waals surface area contributed by atoms with Gasteiger partial charge in [0.15, 0.2) is 5.65 Å². The molecule has 1 N–H and O–H groups in total. The lowest BCUT2D eigenvalue weighted by atomic mass is 10.2. The van der Waals surface area contributed by atoms with Crippen LogP contribution < -0.4 is 15.1 Å². The maximum atomic E-state index is 13.0. The van der Waals surface area contributed by atoms with Gasteiger partial charge < -0.3 is 10.1 Å². The van der Waals surface area contributed by atoms with E-state index in [0.717, 1.165) is 15.6 Å². The van der Waals surface area contributed by atoms with E-state index < -0.39 is 5.51 Å². The molecule has 3 aromatic rings. The third-order valence-corrected chi connectivity index (χ3v) is 6.37. The van der Waals surface area contributed by atoms with Gasteiger partial charge in [-0.15, -0.1) is 0 Å². The third kappa shape index (κ3) is 6.80. The van der Waals surface area contributed by atoms with E-state index in [2.05, 4.69) is 15.4 Å². The van der Waals surface area contributed by atoms with Gasteiger partial charge in [0.2, 0.25) is 0 Å². The molecule has 0 fully saturated rings. The molecule has 1 amide bonds. The number of hydrogen-bond acceptors (Lipinski definition) is 7. The zero-order valence-corrected chi connectivity index (χ0v) is 22.4. The maximum Gasteiger partial charge on any atom is 0.461 e. The number of nitrogens with zero attached hydrogens (tertiary/aromatic N) is 5. The highest BCUT2D eigenvalue weighted by Crippen LogP contribution is 2.33. The van der Waals surface area contributed by atoms with Gasteiger partial charge in [0.05, 0.1) is 43.5 Å². The molecular formula is C24H28ClF3N6O2S. The van der Waals surface area contributed by atoms with Crippen molar-refractivity contribution in [2.45, 2.75) is 39.2 Å². The van der Waals surface area contributed by atoms with Gasteiger partial charge in [0, 0.05) is 12.7 Å². The number of benzene rings is 1. The molecule has 200 valence electrons. The highest BCUT2D eigenvalue weighted by Gasteiger charge is 2.33. The molecule has 1 aliphatic heterocycles. The molecule has 0 aliphatic carbocycles. The molecule has 0 atom stereocenters. The number of aromatic nitrogens is 2. The third-order valence-electron chi connectivity index (χ3n) is 5.30. The molecular weight excluding hydrogens is 529 g/mol. The number of nitrogens with one attached hydrogen (secondary N) is 1. The van der Waals surface area contributed by atoms with Crippen LogP contribution in [0, 0.1) is 0 Å². The minimum absolute atomic E-state index is 0.181. The minimum atomic E-state index is -4.35. The minimum Gasteiger partial charge on any atom is -0.495 e. The van der Waals surface area contributed by atoms with Gasteiger partial charge in [-0.05, 0) is 30.2 Å². The number of imidazole rings is 1. The molecule has 0 bridgehead atoms. The number of carbonyl (C=O) groups is 1. The Morgan fingerprint density at radius 3 is 2.46 bits per heavy atom. The lowest BCUT2D eigenvalue weighted by Gasteiger charge is -2.29. The maximum absolute atomic E-state index is 13.0. The van der Waals surface area contributed by atoms with Crippen molar-refractivity contribution in [3.63, 3.8) is 0 Å². The van der Waals surface area contributed by atoms with Gasteiger partial charge in [0.1, 0.15) is 22.8 Å². The quantitative estimate of drug-likeness (QED) is 0.374. The fourth-order valence-electron chi connectivity index (χ4n) is 3.63. The van der Waals surface area contributed by atoms with E-state index in [1.807, 2.05) is 45.0 Å². The Labute approximate surface area is 222 Å². The lowest BCUT2D eigenvalue weighted by Crippen LogP contribution is -2.35. The Morgan fingerprint density at radius 1 is 1.19 bits per heavy atom. The molecule has 2 aromatic heterocycles. The summed E-state index contributed by atoms with van der Waals surface area (Å²) >= 11 is 6.16. The van der Waals surface area contributed by atoms with E-state index in [1.54, 1.807) is 21.7 Å². The highest BCUT2D eigenvalue weighted by molar-refractivity contribution is 7.98. The second-order valence-electron chi connectivity index (χ2n) is 7.53. The molecule has 0 saturated carbocycles. The van der Waals surface area contributed by atoms with Crippen LogP contribution in [0.5, 0.6) is 5.75 Å². The summed E-state index contributed by atoms with van der Waals surface area (Å²) in [4.78, 5) is 17.5. The first-order valence-electron chi connectivity index (χ1n) is 11.6. The second kappa shape index (κ2) is 12.4. The fourth-order valence-corrected chi connectivity index (χ4v) is 4.43. The number of hydrogen-bond donors (Lipinski definition) is 1. The number of hydrazone groups is 1. The molecule has 4 rings (SSSR count). The summed E-state index contributed by atoms with van der Waals surface area (Å²) in [7, 11) is 1.51. The molecule has 37 heavy (non-hydrogen) atoms. The summed E-state index contributed by atoms with van der Waals surface area (Å²) in [6.45, 7) is 6.68. The van der Waals surface area contributed by atoms with Crippen molar-refractivity contribution in [1.29, 1.82) is 0 Å². The van der Waals surface area contributed by atoms with E-state index in [4.69, 9.17) is 16.3 Å². The number of halogens is 4. The smallest absolute Gasteiger partial charge is 0.461 e. The van der Waals surface area contributed by atoms with E-state index in [-0.39, 0.29) is 30.9 Å². The number of methoxy groups -OCH3 is 1. The van der Waals surface area contributed by atoms with Crippen LogP contribution in [-0.4, -0.2) is 51.6 Å². The van der Waals surface area contributed by atoms with Crippen LogP contribution in [-0.2, 0) is 13.0 Å². The predicted molar refractivity (Wildman–Crippen MR) is 141 cm³/mol. The van der Waals surface area contributed by atoms with E-state index in [0.29, 0.717) is 40.8 Å². The summed E-state index contributed by atoms with van der Waals surface area (Å²) in [6, 6.07) is 8.96. The molecule has 13 heteroatoms. The number of alkyl halides is 3. The number of anilines is 1. The van der Waals surface area contributed by atoms with Crippen LogP contribution in [0.15, 0.2) is 41.6 Å². The van der Waals surface area contributed by atoms with E-state index >= 15 is 0 Å². The summed E-state index contributed by atoms with van der Waals surface area (Å²) in [5.41, 5.74) is -1.27. The Morgan fingerprint density at radius 2 is 1.89 bits per heavy atom. The van der Waals surface area contributed by atoms with Gasteiger partial charge in [-0.1, -0.05) is 44.5 Å². The first-order chi connectivity index (χ1) is 17.7. The first kappa shape index (κ1) is 28.5. The van der Waals surface area contributed by atoms with Crippen LogP contribution in [0.1, 0.15) is 42.5 Å². The summed E-state index contributed by atoms with van der Waals surface area (Å²) in [5, 5.41) is 8.95. The molecule has 3 heterocycles. The Balaban J connectivity index is 0.00000186. The number of amides is 1. The largest absolute Gasteiger partial charge is 0.495 e. The van der Waals surface area contributed by atoms with Crippen molar-refractivity contribution in [1.82, 2.24) is 19.0 Å². The Kier molecular flexibility index (Phi) is 9.55. The molecule has 8 nitrogen and oxygen atoms in total. The van der Waals surface area contributed by atoms with Gasteiger partial charge in [-0.3, -0.25) is 18.5 Å². The number of ether oxygens (including phenoxy) is 1. The average molecular weight is 557 g/mol. The zero-order valence-electron chi connectivity index (χ0n) is 20.8. The average Bonchev–Trinajstić information content (AvgIpc) is 3.28. The van der Waals surface area contributed by atoms with Crippen LogP contribution >= 0.6 is 23.5 Å². The van der Waals surface area contributed by atoms with Crippen molar-refractivity contribution in [3.8, 4) is 5.75 Å². The monoisotopic (exact) mass is 556 g/mol. The van der Waals surface area contributed by atoms with Crippen LogP contribution in [0.2, 0.25) is 5.02 Å². The Hall–Kier alpha value is -3.12. The van der Waals surface area contributed by atoms with Gasteiger partial charge >= 0.3 is 5.51 Å². The molecule has 1 aromatic carbocycles. The molecule has 0 spiro atoms. The van der Waals surface area contributed by atoms with Gasteiger partial charge in [0.25, 0.3) is 5.91 Å². The Bertz CT molecular complexity index is 1250. The van der Waals surface area contributed by atoms with E-state index in [9.17, 15) is 18.0 Å². The van der Waals surface area contributed by atoms with E-state index in [1.165, 1.54) is 13.4 Å². The molecule has 0 saturated heterocycles. The predicted octanol–water partition coefficient (Wildman–Crippen LogP) is 5.75. The van der Waals surface area contributed by atoms with Gasteiger partial charge in [-0.25, -0.2) is 4.98 Å². The van der Waals surface area contributed by atoms with Crippen LogP contribution in [0.4, 0.5) is 18.9 Å². The lowest BCUT2D eigenvalue weighted by molar-refractivity contribution is -0.0351. The first-order valence-corrected chi connectivity index (χ1v) is 12.8. The number of fused-ring (bicyclic) bond motifs is 1. The fraction of sp³-hybridized carbons (Fsp3) is 0.375. The van der Waals surface area contributed by atoms with Crippen molar-refractivity contribution in [3.05, 3.63) is 58.5 Å². The standard InChI is InChI=1S/C22H22ClF3N6O2S.C2H6/c1-3-16-19(31-9-8-17(34-2)18(23)20(31)29-16)21(33)27-12-14-4-6-15(7-5-14)32-11-10-30(13-28-32)35-22(24,25)26;1-2/h4-9,13H,3,10-12H2,1-2H3,(H,27,33);1-2H3. The van der Waals surface area contributed by atoms with Crippen molar-refractivity contribution < 1.29 is 22.7 Å². The van der Waals surface area contributed by atoms with Crippen LogP contribution in [0.25, 0.3) is 5.65 Å². The number of rotatable bonds is 7. The number of aryl methyl sites for hydroxylation is 1. The summed E-state index contributed by atoms with van der Waals surface area (Å²) in [6.07, 6.45) is 3.41. The van der Waals surface area contributed by atoms with Crippen molar-refractivity contribution in [2.24, 2.45) is 5.10 Å². The normalized spacial score (nSPS) is 13.4. The second-order valence-corrected chi connectivity index (χ2v) is 9.03.